The van der Waals surface area contributed by atoms with Gasteiger partial charge >= 0.3 is 11.1 Å². The normalized spacial score (nSPS) is 9.79. The van der Waals surface area contributed by atoms with Crippen LogP contribution in [-0.2, 0) is 11.3 Å². The summed E-state index contributed by atoms with van der Waals surface area (Å²) in [5.74, 6) is -0.152. The molecule has 0 bridgehead atoms. The second kappa shape index (κ2) is 4.35. The van der Waals surface area contributed by atoms with Gasteiger partial charge in [0, 0.05) is 13.5 Å². The summed E-state index contributed by atoms with van der Waals surface area (Å²) in [7, 11) is 0. The van der Waals surface area contributed by atoms with E-state index in [9.17, 15) is 14.4 Å². The molecule has 0 aliphatic rings. The predicted octanol–water partition coefficient (Wildman–Crippen LogP) is -1.93. The Morgan fingerprint density at radius 2 is 2.36 bits per heavy atom. The zero-order valence-corrected chi connectivity index (χ0v) is 7.61. The number of amides is 1. The summed E-state index contributed by atoms with van der Waals surface area (Å²) in [5.41, 5.74) is -1.59. The van der Waals surface area contributed by atoms with Gasteiger partial charge in [0.2, 0.25) is 5.91 Å². The van der Waals surface area contributed by atoms with Gasteiger partial charge in [-0.3, -0.25) is 24.2 Å². The maximum atomic E-state index is 10.8. The Balaban J connectivity index is 2.60. The van der Waals surface area contributed by atoms with Gasteiger partial charge in [-0.2, -0.15) is 4.98 Å². The Morgan fingerprint density at radius 3 is 2.93 bits per heavy atom. The molecule has 0 saturated heterocycles. The Morgan fingerprint density at radius 1 is 1.64 bits per heavy atom. The smallest absolute Gasteiger partial charge is 0.338 e. The van der Waals surface area contributed by atoms with Crippen molar-refractivity contribution in [2.75, 3.05) is 6.54 Å². The third-order valence-electron chi connectivity index (χ3n) is 1.48. The molecular formula is C7H10N4O3. The van der Waals surface area contributed by atoms with Crippen LogP contribution in [-0.4, -0.2) is 27.2 Å². The second-order valence-corrected chi connectivity index (χ2v) is 2.67. The highest BCUT2D eigenvalue weighted by molar-refractivity contribution is 5.72. The van der Waals surface area contributed by atoms with Crippen molar-refractivity contribution in [2.24, 2.45) is 0 Å². The largest absolute Gasteiger partial charge is 0.354 e. The monoisotopic (exact) mass is 198 g/mol. The van der Waals surface area contributed by atoms with Crippen LogP contribution in [0, 0.1) is 0 Å². The highest BCUT2D eigenvalue weighted by Gasteiger charge is 1.95. The molecule has 2 N–H and O–H groups in total. The Kier molecular flexibility index (Phi) is 3.16. The van der Waals surface area contributed by atoms with E-state index in [1.807, 2.05) is 0 Å². The molecule has 14 heavy (non-hydrogen) atoms. The van der Waals surface area contributed by atoms with Gasteiger partial charge in [-0.25, -0.2) is 0 Å². The maximum Gasteiger partial charge on any atom is 0.338 e. The van der Waals surface area contributed by atoms with Crippen LogP contribution >= 0.6 is 0 Å². The molecule has 1 aromatic heterocycles. The van der Waals surface area contributed by atoms with Crippen LogP contribution in [0.3, 0.4) is 0 Å². The first-order valence-corrected chi connectivity index (χ1v) is 4.00. The number of nitrogens with one attached hydrogen (secondary N) is 2. The summed E-state index contributed by atoms with van der Waals surface area (Å²) < 4.78 is 1.33. The number of aromatic amines is 1. The molecule has 0 fully saturated rings. The van der Waals surface area contributed by atoms with Crippen molar-refractivity contribution < 1.29 is 4.79 Å². The fraction of sp³-hybridized carbons (Fsp3) is 0.429. The zero-order valence-electron chi connectivity index (χ0n) is 7.61. The quantitative estimate of drug-likeness (QED) is 0.552. The summed E-state index contributed by atoms with van der Waals surface area (Å²) in [5, 5.41) is 4.82. The summed E-state index contributed by atoms with van der Waals surface area (Å²) in [6.45, 7) is 2.13. The van der Waals surface area contributed by atoms with Crippen molar-refractivity contribution in [1.82, 2.24) is 20.1 Å². The SMILES string of the molecule is CC(=O)NCCn1cnc(=O)c(=O)[nH]1. The standard InChI is InChI=1S/C7H10N4O3/c1-5(12)8-2-3-11-4-9-6(13)7(14)10-11/h4H,2-3H2,1H3,(H,8,12)(H,10,14). The summed E-state index contributed by atoms with van der Waals surface area (Å²) in [4.78, 5) is 35.2. The zero-order chi connectivity index (χ0) is 10.6. The number of carbonyl (C=O) groups excluding carboxylic acids is 1. The van der Waals surface area contributed by atoms with E-state index in [1.54, 1.807) is 0 Å². The molecule has 7 heteroatoms. The summed E-state index contributed by atoms with van der Waals surface area (Å²) in [6, 6.07) is 0. The second-order valence-electron chi connectivity index (χ2n) is 2.67. The molecule has 1 aromatic rings. The third-order valence-corrected chi connectivity index (χ3v) is 1.48. The molecule has 0 saturated carbocycles. The third kappa shape index (κ3) is 2.85. The van der Waals surface area contributed by atoms with E-state index in [-0.39, 0.29) is 5.91 Å². The Labute approximate surface area is 78.8 Å². The van der Waals surface area contributed by atoms with Crippen LogP contribution in [0.1, 0.15) is 6.92 Å². The van der Waals surface area contributed by atoms with Crippen molar-refractivity contribution in [3.05, 3.63) is 27.0 Å². The van der Waals surface area contributed by atoms with Gasteiger partial charge < -0.3 is 5.32 Å². The van der Waals surface area contributed by atoms with Crippen molar-refractivity contribution in [3.8, 4) is 0 Å². The molecule has 0 spiro atoms. The average Bonchev–Trinajstić information content (AvgIpc) is 2.10. The maximum absolute atomic E-state index is 10.8. The fourth-order valence-corrected chi connectivity index (χ4v) is 0.854. The number of hydrogen-bond donors (Lipinski definition) is 2. The number of rotatable bonds is 3. The molecule has 0 aromatic carbocycles. The number of H-pyrrole nitrogens is 1. The lowest BCUT2D eigenvalue weighted by Gasteiger charge is -2.04. The molecule has 0 radical (unpaired) electrons. The van der Waals surface area contributed by atoms with Gasteiger partial charge in [-0.15, -0.1) is 0 Å². The molecule has 0 unspecified atom stereocenters. The minimum atomic E-state index is -0.819. The summed E-state index contributed by atoms with van der Waals surface area (Å²) in [6.07, 6.45) is 1.21. The van der Waals surface area contributed by atoms with Crippen LogP contribution in [0.4, 0.5) is 0 Å². The topological polar surface area (TPSA) is 96.8 Å². The highest BCUT2D eigenvalue weighted by Crippen LogP contribution is 1.72. The molecule has 0 aliphatic heterocycles. The van der Waals surface area contributed by atoms with Crippen LogP contribution in [0.25, 0.3) is 0 Å². The van der Waals surface area contributed by atoms with Gasteiger partial charge in [0.25, 0.3) is 0 Å². The molecule has 7 nitrogen and oxygen atoms in total. The lowest BCUT2D eigenvalue weighted by Crippen LogP contribution is -2.34. The number of carbonyl (C=O) groups is 1. The van der Waals surface area contributed by atoms with Crippen LogP contribution in [0.5, 0.6) is 0 Å². The first kappa shape index (κ1) is 10.2. The molecule has 1 rings (SSSR count). The number of aromatic nitrogens is 3. The van der Waals surface area contributed by atoms with Crippen molar-refractivity contribution in [3.63, 3.8) is 0 Å². The average molecular weight is 198 g/mol. The highest BCUT2D eigenvalue weighted by atomic mass is 16.2. The van der Waals surface area contributed by atoms with Crippen LogP contribution in [0.15, 0.2) is 15.9 Å². The van der Waals surface area contributed by atoms with E-state index in [1.165, 1.54) is 17.9 Å². The van der Waals surface area contributed by atoms with Crippen LogP contribution < -0.4 is 16.4 Å². The van der Waals surface area contributed by atoms with E-state index >= 15 is 0 Å². The Hall–Kier alpha value is -1.92. The minimum absolute atomic E-state index is 0.152. The molecule has 1 heterocycles. The van der Waals surface area contributed by atoms with E-state index in [0.717, 1.165) is 0 Å². The van der Waals surface area contributed by atoms with Gasteiger partial charge in [0.1, 0.15) is 6.33 Å². The molecule has 0 aliphatic carbocycles. The molecular weight excluding hydrogens is 188 g/mol. The number of hydrogen-bond acceptors (Lipinski definition) is 4. The van der Waals surface area contributed by atoms with E-state index in [4.69, 9.17) is 0 Å². The van der Waals surface area contributed by atoms with E-state index in [2.05, 4.69) is 15.4 Å². The van der Waals surface area contributed by atoms with Crippen molar-refractivity contribution in [2.45, 2.75) is 13.5 Å². The van der Waals surface area contributed by atoms with Gasteiger partial charge in [0.15, 0.2) is 0 Å². The van der Waals surface area contributed by atoms with E-state index < -0.39 is 11.1 Å². The van der Waals surface area contributed by atoms with Gasteiger partial charge in [-0.1, -0.05) is 0 Å². The summed E-state index contributed by atoms with van der Waals surface area (Å²) >= 11 is 0. The fourth-order valence-electron chi connectivity index (χ4n) is 0.854. The van der Waals surface area contributed by atoms with Crippen LogP contribution in [0.2, 0.25) is 0 Å². The van der Waals surface area contributed by atoms with Gasteiger partial charge in [-0.05, 0) is 0 Å². The van der Waals surface area contributed by atoms with E-state index in [0.29, 0.717) is 13.1 Å². The van der Waals surface area contributed by atoms with Gasteiger partial charge in [0.05, 0.1) is 6.54 Å². The predicted molar refractivity (Wildman–Crippen MR) is 47.8 cm³/mol. The first-order chi connectivity index (χ1) is 6.59. The lowest BCUT2D eigenvalue weighted by atomic mass is 10.6. The molecule has 0 atom stereocenters. The first-order valence-electron chi connectivity index (χ1n) is 4.00. The number of nitrogens with zero attached hydrogens (tertiary/aromatic N) is 2. The minimum Gasteiger partial charge on any atom is -0.354 e. The Bertz CT molecular complexity index is 433. The van der Waals surface area contributed by atoms with Crippen molar-refractivity contribution >= 4 is 5.91 Å². The molecule has 76 valence electrons. The van der Waals surface area contributed by atoms with Crippen molar-refractivity contribution in [1.29, 1.82) is 0 Å². The lowest BCUT2D eigenvalue weighted by molar-refractivity contribution is -0.118. The molecule has 1 amide bonds.